The number of carbonyl (C=O) groups excluding carboxylic acids is 5. The number of benzene rings is 1. The smallest absolute Gasteiger partial charge is 0.264 e. The number of aliphatic hydroxyl groups is 1. The van der Waals surface area contributed by atoms with Crippen LogP contribution in [0.5, 0.6) is 0 Å². The number of anilines is 1. The molecule has 1 atom stereocenters. The predicted molar refractivity (Wildman–Crippen MR) is 105 cm³/mol. The topological polar surface area (TPSA) is 151 Å². The van der Waals surface area contributed by atoms with Crippen LogP contribution in [0, 0.1) is 0 Å². The van der Waals surface area contributed by atoms with Crippen LogP contribution in [0.25, 0.3) is 0 Å². The quantitative estimate of drug-likeness (QED) is 0.328. The first kappa shape index (κ1) is 22.5. The minimum atomic E-state index is -1.08. The molecule has 11 nitrogen and oxygen atoms in total. The van der Waals surface area contributed by atoms with Crippen LogP contribution in [0.1, 0.15) is 40.0 Å². The third-order valence-electron chi connectivity index (χ3n) is 4.79. The molecule has 3 N–H and O–H groups in total. The number of amides is 5. The molecule has 0 spiro atoms. The maximum Gasteiger partial charge on any atom is 0.264 e. The maximum atomic E-state index is 12.9. The minimum absolute atomic E-state index is 0.00196. The SMILES string of the molecule is O=C1CCC(N2C(=O)c3cccc(NC(=O)COCCOCCCO)c3C2=O)C(=O)N1. The Morgan fingerprint density at radius 3 is 2.65 bits per heavy atom. The summed E-state index contributed by atoms with van der Waals surface area (Å²) >= 11 is 0. The van der Waals surface area contributed by atoms with Crippen molar-refractivity contribution >= 4 is 35.2 Å². The molecule has 1 aromatic rings. The number of nitrogens with zero attached hydrogens (tertiary/aromatic N) is 1. The van der Waals surface area contributed by atoms with Gasteiger partial charge in [0.1, 0.15) is 12.6 Å². The zero-order chi connectivity index (χ0) is 22.4. The summed E-state index contributed by atoms with van der Waals surface area (Å²) in [5.41, 5.74) is 0.210. The van der Waals surface area contributed by atoms with Crippen LogP contribution >= 0.6 is 0 Å². The normalized spacial score (nSPS) is 18.2. The fourth-order valence-electron chi connectivity index (χ4n) is 3.36. The number of aliphatic hydroxyl groups excluding tert-OH is 1. The van der Waals surface area contributed by atoms with Gasteiger partial charge in [-0.05, 0) is 25.0 Å². The van der Waals surface area contributed by atoms with Crippen molar-refractivity contribution in [3.63, 3.8) is 0 Å². The lowest BCUT2D eigenvalue weighted by molar-refractivity contribution is -0.136. The largest absolute Gasteiger partial charge is 0.396 e. The van der Waals surface area contributed by atoms with Crippen LogP contribution in [-0.2, 0) is 23.9 Å². The molecule has 2 aliphatic heterocycles. The number of fused-ring (bicyclic) bond motifs is 1. The molecule has 0 aliphatic carbocycles. The molecule has 166 valence electrons. The summed E-state index contributed by atoms with van der Waals surface area (Å²) in [6.45, 7) is 0.579. The first-order valence-electron chi connectivity index (χ1n) is 9.85. The molecular weight excluding hydrogens is 410 g/mol. The van der Waals surface area contributed by atoms with Crippen LogP contribution < -0.4 is 10.6 Å². The number of carbonyl (C=O) groups is 5. The molecule has 1 unspecified atom stereocenters. The Balaban J connectivity index is 1.62. The predicted octanol–water partition coefficient (Wildman–Crippen LogP) is -0.558. The van der Waals surface area contributed by atoms with E-state index in [1.165, 1.54) is 18.2 Å². The second-order valence-corrected chi connectivity index (χ2v) is 6.97. The van der Waals surface area contributed by atoms with Crippen molar-refractivity contribution in [2.24, 2.45) is 0 Å². The first-order chi connectivity index (χ1) is 14.9. The van der Waals surface area contributed by atoms with Gasteiger partial charge in [0.15, 0.2) is 0 Å². The number of imide groups is 2. The van der Waals surface area contributed by atoms with E-state index in [1.54, 1.807) is 0 Å². The standard InChI is InChI=1S/C20H23N3O8/c24-7-2-8-30-9-10-31-11-16(26)21-13-4-1-3-12-17(13)20(29)23(19(12)28)14-5-6-15(25)22-18(14)27/h1,3-4,14,24H,2,5-11H2,(H,21,26)(H,22,25,27). The molecule has 31 heavy (non-hydrogen) atoms. The molecule has 1 fully saturated rings. The number of nitrogens with one attached hydrogen (secondary N) is 2. The number of hydrogen-bond donors (Lipinski definition) is 3. The molecular formula is C20H23N3O8. The number of rotatable bonds is 10. The van der Waals surface area contributed by atoms with E-state index < -0.39 is 35.6 Å². The molecule has 1 aromatic carbocycles. The zero-order valence-corrected chi connectivity index (χ0v) is 16.7. The molecule has 2 aliphatic rings. The lowest BCUT2D eigenvalue weighted by Gasteiger charge is -2.27. The molecule has 5 amide bonds. The zero-order valence-electron chi connectivity index (χ0n) is 16.7. The monoisotopic (exact) mass is 433 g/mol. The van der Waals surface area contributed by atoms with E-state index in [4.69, 9.17) is 14.6 Å². The van der Waals surface area contributed by atoms with Crippen LogP contribution in [-0.4, -0.2) is 78.6 Å². The summed E-state index contributed by atoms with van der Waals surface area (Å²) in [6, 6.07) is 3.36. The van der Waals surface area contributed by atoms with E-state index >= 15 is 0 Å². The van der Waals surface area contributed by atoms with Gasteiger partial charge in [-0.25, -0.2) is 0 Å². The van der Waals surface area contributed by atoms with Gasteiger partial charge in [0.05, 0.1) is 30.0 Å². The average molecular weight is 433 g/mol. The van der Waals surface area contributed by atoms with E-state index in [-0.39, 0.29) is 56.1 Å². The fraction of sp³-hybridized carbons (Fsp3) is 0.450. The minimum Gasteiger partial charge on any atom is -0.396 e. The third kappa shape index (κ3) is 5.13. The molecule has 0 bridgehead atoms. The third-order valence-corrected chi connectivity index (χ3v) is 4.79. The summed E-state index contributed by atoms with van der Waals surface area (Å²) in [5, 5.41) is 13.3. The lowest BCUT2D eigenvalue weighted by atomic mass is 10.0. The molecule has 0 saturated carbocycles. The van der Waals surface area contributed by atoms with Gasteiger partial charge in [0, 0.05) is 19.6 Å². The van der Waals surface area contributed by atoms with Gasteiger partial charge in [0.25, 0.3) is 11.8 Å². The Labute approximate surface area is 177 Å². The van der Waals surface area contributed by atoms with E-state index in [1.807, 2.05) is 0 Å². The molecule has 11 heteroatoms. The van der Waals surface area contributed by atoms with Crippen molar-refractivity contribution in [3.05, 3.63) is 29.3 Å². The summed E-state index contributed by atoms with van der Waals surface area (Å²) < 4.78 is 10.4. The van der Waals surface area contributed by atoms with Crippen LogP contribution in [0.2, 0.25) is 0 Å². The van der Waals surface area contributed by atoms with Crippen molar-refractivity contribution in [1.82, 2.24) is 10.2 Å². The van der Waals surface area contributed by atoms with Crippen LogP contribution in [0.15, 0.2) is 18.2 Å². The van der Waals surface area contributed by atoms with Gasteiger partial charge >= 0.3 is 0 Å². The second-order valence-electron chi connectivity index (χ2n) is 6.97. The molecule has 1 saturated heterocycles. The van der Waals surface area contributed by atoms with Crippen molar-refractivity contribution in [2.45, 2.75) is 25.3 Å². The van der Waals surface area contributed by atoms with Gasteiger partial charge < -0.3 is 19.9 Å². The van der Waals surface area contributed by atoms with Crippen molar-refractivity contribution in [2.75, 3.05) is 38.4 Å². The van der Waals surface area contributed by atoms with Crippen molar-refractivity contribution in [1.29, 1.82) is 0 Å². The summed E-state index contributed by atoms with van der Waals surface area (Å²) in [6.07, 6.45) is 0.586. The van der Waals surface area contributed by atoms with Crippen molar-refractivity contribution < 1.29 is 38.6 Å². The van der Waals surface area contributed by atoms with Crippen LogP contribution in [0.4, 0.5) is 5.69 Å². The summed E-state index contributed by atoms with van der Waals surface area (Å²) in [5.74, 6) is -3.04. The molecule has 2 heterocycles. The summed E-state index contributed by atoms with van der Waals surface area (Å²) in [4.78, 5) is 62.2. The van der Waals surface area contributed by atoms with Gasteiger partial charge in [-0.15, -0.1) is 0 Å². The summed E-state index contributed by atoms with van der Waals surface area (Å²) in [7, 11) is 0. The van der Waals surface area contributed by atoms with Gasteiger partial charge in [-0.2, -0.15) is 0 Å². The number of ether oxygens (including phenoxy) is 2. The highest BCUT2D eigenvalue weighted by atomic mass is 16.5. The van der Waals surface area contributed by atoms with E-state index in [0.717, 1.165) is 4.90 Å². The fourth-order valence-corrected chi connectivity index (χ4v) is 3.36. The van der Waals surface area contributed by atoms with Gasteiger partial charge in [-0.1, -0.05) is 6.07 Å². The van der Waals surface area contributed by atoms with E-state index in [9.17, 15) is 24.0 Å². The van der Waals surface area contributed by atoms with Gasteiger partial charge in [-0.3, -0.25) is 34.2 Å². The van der Waals surface area contributed by atoms with E-state index in [2.05, 4.69) is 10.6 Å². The number of piperidine rings is 1. The highest BCUT2D eigenvalue weighted by Gasteiger charge is 2.45. The van der Waals surface area contributed by atoms with Crippen molar-refractivity contribution in [3.8, 4) is 0 Å². The Hall–Kier alpha value is -3.15. The lowest BCUT2D eigenvalue weighted by Crippen LogP contribution is -2.54. The second kappa shape index (κ2) is 10.2. The number of hydrogen-bond acceptors (Lipinski definition) is 8. The molecule has 3 rings (SSSR count). The van der Waals surface area contributed by atoms with E-state index in [0.29, 0.717) is 13.0 Å². The maximum absolute atomic E-state index is 12.9. The molecule has 0 radical (unpaired) electrons. The average Bonchev–Trinajstić information content (AvgIpc) is 2.99. The Morgan fingerprint density at radius 1 is 1.13 bits per heavy atom. The Bertz CT molecular complexity index is 900. The van der Waals surface area contributed by atoms with Crippen LogP contribution in [0.3, 0.4) is 0 Å². The van der Waals surface area contributed by atoms with Gasteiger partial charge in [0.2, 0.25) is 17.7 Å². The first-order valence-corrected chi connectivity index (χ1v) is 9.85. The Morgan fingerprint density at radius 2 is 1.90 bits per heavy atom. The molecule has 0 aromatic heterocycles. The Kier molecular flexibility index (Phi) is 7.45. The highest BCUT2D eigenvalue weighted by molar-refractivity contribution is 6.26. The highest BCUT2D eigenvalue weighted by Crippen LogP contribution is 2.32.